The molecule has 0 fully saturated rings. The third kappa shape index (κ3) is 4.96. The number of nitrogens with zero attached hydrogens (tertiary/aromatic N) is 1. The lowest BCUT2D eigenvalue weighted by atomic mass is 9.87. The van der Waals surface area contributed by atoms with Gasteiger partial charge in [0.2, 0.25) is 0 Å². The Balaban J connectivity index is 1.61. The fourth-order valence-electron chi connectivity index (χ4n) is 6.08. The average molecular weight is 616 g/mol. The zero-order valence-corrected chi connectivity index (χ0v) is 26.7. The SMILES string of the molecule is [2H]c1c([2H])c(C(C)(C)C)c([2H])c([2H])c1N(c1ccccc1)c1c([2H])c(-c2ccccc2)c([2H])c2sc3c4ccccc4c(-c4ccccc4)cc3c12. The quantitative estimate of drug-likeness (QED) is 0.186. The van der Waals surface area contributed by atoms with Crippen LogP contribution in [0.1, 0.15) is 34.6 Å². The average Bonchev–Trinajstić information content (AvgIpc) is 3.54. The van der Waals surface area contributed by atoms with Crippen molar-refractivity contribution in [3.8, 4) is 22.3 Å². The number of hydrogen-bond donors (Lipinski definition) is 0. The van der Waals surface area contributed by atoms with Crippen molar-refractivity contribution in [1.29, 1.82) is 0 Å². The molecule has 0 aliphatic heterocycles. The Morgan fingerprint density at radius 2 is 1.15 bits per heavy atom. The van der Waals surface area contributed by atoms with Crippen molar-refractivity contribution < 1.29 is 8.22 Å². The normalized spacial score (nSPS) is 13.6. The lowest BCUT2D eigenvalue weighted by Crippen LogP contribution is -2.13. The molecule has 0 aliphatic rings. The summed E-state index contributed by atoms with van der Waals surface area (Å²) < 4.78 is 58.8. The smallest absolute Gasteiger partial charge is 0.0652 e. The maximum absolute atomic E-state index is 10.0. The van der Waals surface area contributed by atoms with Gasteiger partial charge in [0.05, 0.1) is 13.9 Å². The van der Waals surface area contributed by atoms with Crippen LogP contribution in [-0.2, 0) is 5.41 Å². The predicted molar refractivity (Wildman–Crippen MR) is 201 cm³/mol. The molecule has 0 N–H and O–H groups in total. The van der Waals surface area contributed by atoms with Crippen molar-refractivity contribution in [2.75, 3.05) is 4.90 Å². The van der Waals surface area contributed by atoms with Crippen LogP contribution in [-0.4, -0.2) is 0 Å². The molecule has 1 heterocycles. The van der Waals surface area contributed by atoms with Gasteiger partial charge >= 0.3 is 0 Å². The van der Waals surface area contributed by atoms with Crippen molar-refractivity contribution in [1.82, 2.24) is 0 Å². The van der Waals surface area contributed by atoms with Gasteiger partial charge < -0.3 is 4.90 Å². The molecule has 0 amide bonds. The molecular formula is C44H35NS. The van der Waals surface area contributed by atoms with E-state index in [4.69, 9.17) is 0 Å². The monoisotopic (exact) mass is 615 g/mol. The zero-order chi connectivity index (χ0) is 36.5. The minimum Gasteiger partial charge on any atom is -0.310 e. The Morgan fingerprint density at radius 3 is 1.80 bits per heavy atom. The highest BCUT2D eigenvalue weighted by Gasteiger charge is 2.23. The Labute approximate surface area is 283 Å². The highest BCUT2D eigenvalue weighted by molar-refractivity contribution is 7.26. The van der Waals surface area contributed by atoms with Crippen LogP contribution in [0.15, 0.2) is 158 Å². The summed E-state index contributed by atoms with van der Waals surface area (Å²) in [5.74, 6) is 0. The van der Waals surface area contributed by atoms with Crippen LogP contribution in [0.4, 0.5) is 17.1 Å². The molecular weight excluding hydrogens is 575 g/mol. The summed E-state index contributed by atoms with van der Waals surface area (Å²) in [4.78, 5) is 1.73. The lowest BCUT2D eigenvalue weighted by Gasteiger charge is -2.28. The van der Waals surface area contributed by atoms with E-state index in [0.717, 1.165) is 32.0 Å². The molecule has 8 rings (SSSR count). The summed E-state index contributed by atoms with van der Waals surface area (Å²) in [7, 11) is 0. The third-order valence-corrected chi connectivity index (χ3v) is 9.54. The van der Waals surface area contributed by atoms with E-state index in [0.29, 0.717) is 38.2 Å². The maximum Gasteiger partial charge on any atom is 0.0652 e. The number of benzene rings is 7. The molecule has 0 saturated carbocycles. The fourth-order valence-corrected chi connectivity index (χ4v) is 7.31. The summed E-state index contributed by atoms with van der Waals surface area (Å²) >= 11 is 1.52. The second-order valence-corrected chi connectivity index (χ2v) is 13.5. The first-order valence-corrected chi connectivity index (χ1v) is 16.3. The van der Waals surface area contributed by atoms with Crippen molar-refractivity contribution in [2.24, 2.45) is 0 Å². The molecule has 0 saturated heterocycles. The first kappa shape index (κ1) is 22.3. The van der Waals surface area contributed by atoms with E-state index in [1.165, 1.54) is 11.3 Å². The molecule has 0 spiro atoms. The Hall–Kier alpha value is -5.18. The van der Waals surface area contributed by atoms with Crippen molar-refractivity contribution in [3.63, 3.8) is 0 Å². The molecule has 222 valence electrons. The summed E-state index contributed by atoms with van der Waals surface area (Å²) in [6.07, 6.45) is 0. The first-order chi connectivity index (χ1) is 25.0. The Kier molecular flexibility index (Phi) is 5.50. The van der Waals surface area contributed by atoms with Gasteiger partial charge in [0.25, 0.3) is 0 Å². The molecule has 0 atom stereocenters. The van der Waals surface area contributed by atoms with E-state index in [2.05, 4.69) is 30.3 Å². The van der Waals surface area contributed by atoms with Gasteiger partial charge in [-0.1, -0.05) is 136 Å². The van der Waals surface area contributed by atoms with Crippen LogP contribution in [0.5, 0.6) is 0 Å². The van der Waals surface area contributed by atoms with Crippen LogP contribution < -0.4 is 4.90 Å². The molecule has 2 heteroatoms. The fraction of sp³-hybridized carbons (Fsp3) is 0.0909. The number of thiophene rings is 1. The van der Waals surface area contributed by atoms with E-state index in [1.807, 2.05) is 112 Å². The summed E-state index contributed by atoms with van der Waals surface area (Å²) in [5.41, 5.74) is 3.94. The highest BCUT2D eigenvalue weighted by Crippen LogP contribution is 2.50. The number of para-hydroxylation sites is 1. The van der Waals surface area contributed by atoms with Crippen LogP contribution in [0.3, 0.4) is 0 Å². The topological polar surface area (TPSA) is 3.24 Å². The first-order valence-electron chi connectivity index (χ1n) is 18.5. The zero-order valence-electron chi connectivity index (χ0n) is 31.9. The van der Waals surface area contributed by atoms with Crippen LogP contribution >= 0.6 is 11.3 Å². The number of fused-ring (bicyclic) bond motifs is 5. The molecule has 7 aromatic carbocycles. The third-order valence-electron chi connectivity index (χ3n) is 8.39. The summed E-state index contributed by atoms with van der Waals surface area (Å²) in [6, 6.07) is 39.2. The van der Waals surface area contributed by atoms with Crippen LogP contribution in [0.2, 0.25) is 0 Å². The van der Waals surface area contributed by atoms with Gasteiger partial charge in [0, 0.05) is 36.9 Å². The van der Waals surface area contributed by atoms with Gasteiger partial charge in [-0.25, -0.2) is 0 Å². The largest absolute Gasteiger partial charge is 0.310 e. The number of hydrogen-bond acceptors (Lipinski definition) is 2. The molecule has 0 bridgehead atoms. The van der Waals surface area contributed by atoms with Crippen molar-refractivity contribution >= 4 is 59.3 Å². The van der Waals surface area contributed by atoms with E-state index in [9.17, 15) is 8.22 Å². The second-order valence-electron chi connectivity index (χ2n) is 12.5. The van der Waals surface area contributed by atoms with Gasteiger partial charge in [0.15, 0.2) is 0 Å². The lowest BCUT2D eigenvalue weighted by molar-refractivity contribution is 0.590. The number of rotatable bonds is 5. The van der Waals surface area contributed by atoms with Crippen LogP contribution in [0.25, 0.3) is 53.2 Å². The molecule has 0 unspecified atom stereocenters. The van der Waals surface area contributed by atoms with E-state index in [-0.39, 0.29) is 41.9 Å². The van der Waals surface area contributed by atoms with Gasteiger partial charge in [-0.2, -0.15) is 0 Å². The molecule has 0 radical (unpaired) electrons. The molecule has 8 aromatic rings. The van der Waals surface area contributed by atoms with Crippen molar-refractivity contribution in [3.05, 3.63) is 163 Å². The minimum atomic E-state index is -0.643. The van der Waals surface area contributed by atoms with Gasteiger partial charge in [-0.05, 0) is 81.0 Å². The van der Waals surface area contributed by atoms with Gasteiger partial charge in [0.1, 0.15) is 0 Å². The van der Waals surface area contributed by atoms with Gasteiger partial charge in [-0.3, -0.25) is 0 Å². The minimum absolute atomic E-state index is 0.0594. The summed E-state index contributed by atoms with van der Waals surface area (Å²) in [6.45, 7) is 5.67. The molecule has 0 aliphatic carbocycles. The Bertz CT molecular complexity index is 2640. The molecule has 1 nitrogen and oxygen atoms in total. The molecule has 46 heavy (non-hydrogen) atoms. The summed E-state index contributed by atoms with van der Waals surface area (Å²) in [5, 5.41) is 3.63. The van der Waals surface area contributed by atoms with Crippen molar-refractivity contribution in [2.45, 2.75) is 26.2 Å². The molecule has 1 aromatic heterocycles. The van der Waals surface area contributed by atoms with E-state index < -0.39 is 5.41 Å². The predicted octanol–water partition coefficient (Wildman–Crippen LogP) is 13.3. The van der Waals surface area contributed by atoms with Crippen LogP contribution in [0, 0.1) is 0 Å². The highest BCUT2D eigenvalue weighted by atomic mass is 32.1. The standard InChI is InChI=1S/C44H35NS/c1-44(2,3)33-23-25-35(26-24-33)45(34-19-11-6-12-20-34)40-27-32(30-15-7-4-8-16-30)28-41-42(40)39-29-38(31-17-9-5-10-18-31)36-21-13-14-22-37(36)43(39)46-41/h4-29H,1-3H3/i23D,24D,25D,26D,27D,28D. The second kappa shape index (κ2) is 11.3. The maximum atomic E-state index is 10.0. The Morgan fingerprint density at radius 1 is 0.565 bits per heavy atom. The van der Waals surface area contributed by atoms with Gasteiger partial charge in [-0.15, -0.1) is 11.3 Å². The van der Waals surface area contributed by atoms with E-state index >= 15 is 0 Å². The number of anilines is 3. The van der Waals surface area contributed by atoms with E-state index in [1.54, 1.807) is 4.90 Å².